The van der Waals surface area contributed by atoms with Gasteiger partial charge in [0.25, 0.3) is 0 Å². The molecule has 108 valence electrons. The lowest BCUT2D eigenvalue weighted by Crippen LogP contribution is -2.27. The molecule has 0 saturated carbocycles. The van der Waals surface area contributed by atoms with Gasteiger partial charge >= 0.3 is 0 Å². The monoisotopic (exact) mass is 265 g/mol. The van der Waals surface area contributed by atoms with Gasteiger partial charge in [0.1, 0.15) is 12.4 Å². The topological polar surface area (TPSA) is 37.4 Å². The van der Waals surface area contributed by atoms with Gasteiger partial charge in [0.05, 0.1) is 11.9 Å². The van der Waals surface area contributed by atoms with Gasteiger partial charge in [0.2, 0.25) is 0 Å². The molecular weight excluding hydrogens is 238 g/mol. The average Bonchev–Trinajstić information content (AvgIpc) is 2.45. The van der Waals surface area contributed by atoms with Crippen molar-refractivity contribution in [2.24, 2.45) is 0 Å². The van der Waals surface area contributed by atoms with Crippen LogP contribution in [0.3, 0.4) is 0 Å². The third kappa shape index (κ3) is 6.55. The minimum Gasteiger partial charge on any atom is -0.491 e. The number of aromatic nitrogens is 1. The summed E-state index contributed by atoms with van der Waals surface area (Å²) in [4.78, 5) is 6.73. The van der Waals surface area contributed by atoms with E-state index >= 15 is 0 Å². The molecule has 1 N–H and O–H groups in total. The second kappa shape index (κ2) is 9.75. The zero-order valence-corrected chi connectivity index (χ0v) is 12.5. The molecule has 0 spiro atoms. The maximum atomic E-state index is 5.70. The fraction of sp³-hybridized carbons (Fsp3) is 0.667. The molecule has 0 aromatic carbocycles. The fourth-order valence-corrected chi connectivity index (χ4v) is 1.83. The lowest BCUT2D eigenvalue weighted by molar-refractivity contribution is 0.222. The molecule has 1 aromatic heterocycles. The van der Waals surface area contributed by atoms with E-state index in [1.807, 2.05) is 18.3 Å². The van der Waals surface area contributed by atoms with Gasteiger partial charge in [-0.25, -0.2) is 0 Å². The molecule has 1 heterocycles. The van der Waals surface area contributed by atoms with Crippen LogP contribution in [-0.2, 0) is 6.54 Å². The van der Waals surface area contributed by atoms with Crippen LogP contribution in [0.5, 0.6) is 5.75 Å². The van der Waals surface area contributed by atoms with Gasteiger partial charge < -0.3 is 15.0 Å². The van der Waals surface area contributed by atoms with Crippen LogP contribution in [0.1, 0.15) is 32.9 Å². The van der Waals surface area contributed by atoms with E-state index in [-0.39, 0.29) is 0 Å². The molecule has 0 fully saturated rings. The molecule has 0 saturated heterocycles. The summed E-state index contributed by atoms with van der Waals surface area (Å²) in [6.45, 7) is 12.2. The van der Waals surface area contributed by atoms with E-state index in [1.165, 1.54) is 0 Å². The van der Waals surface area contributed by atoms with E-state index in [1.54, 1.807) is 0 Å². The average molecular weight is 265 g/mol. The van der Waals surface area contributed by atoms with Gasteiger partial charge in [-0.2, -0.15) is 0 Å². The van der Waals surface area contributed by atoms with Crippen LogP contribution in [0.15, 0.2) is 18.3 Å². The summed E-state index contributed by atoms with van der Waals surface area (Å²) in [7, 11) is 0. The molecule has 0 bridgehead atoms. The summed E-state index contributed by atoms with van der Waals surface area (Å²) in [5.41, 5.74) is 1.06. The van der Waals surface area contributed by atoms with Crippen LogP contribution in [0.2, 0.25) is 0 Å². The van der Waals surface area contributed by atoms with Crippen LogP contribution in [0, 0.1) is 0 Å². The Labute approximate surface area is 117 Å². The second-order valence-corrected chi connectivity index (χ2v) is 4.54. The predicted molar refractivity (Wildman–Crippen MR) is 79.5 cm³/mol. The van der Waals surface area contributed by atoms with Crippen LogP contribution in [-0.4, -0.2) is 42.7 Å². The predicted octanol–water partition coefficient (Wildman–Crippen LogP) is 2.30. The highest BCUT2D eigenvalue weighted by atomic mass is 16.5. The first-order valence-electron chi connectivity index (χ1n) is 7.30. The van der Waals surface area contributed by atoms with Gasteiger partial charge in [-0.3, -0.25) is 4.98 Å². The molecule has 1 aromatic rings. The first-order valence-corrected chi connectivity index (χ1v) is 7.30. The van der Waals surface area contributed by atoms with E-state index in [2.05, 4.69) is 36.0 Å². The Hall–Kier alpha value is -1.13. The maximum Gasteiger partial charge on any atom is 0.137 e. The Balaban J connectivity index is 2.27. The zero-order valence-electron chi connectivity index (χ0n) is 12.5. The number of hydrogen-bond acceptors (Lipinski definition) is 4. The van der Waals surface area contributed by atoms with Gasteiger partial charge in [0.15, 0.2) is 0 Å². The molecule has 0 radical (unpaired) electrons. The largest absolute Gasteiger partial charge is 0.491 e. The standard InChI is InChI=1S/C15H27N3O/c1-4-9-16-12-14-7-8-15(13-17-14)19-11-10-18(5-2)6-3/h7-8,13,16H,4-6,9-12H2,1-3H3. The van der Waals surface area contributed by atoms with Gasteiger partial charge in [-0.05, 0) is 38.2 Å². The zero-order chi connectivity index (χ0) is 13.9. The van der Waals surface area contributed by atoms with E-state index in [0.29, 0.717) is 0 Å². The van der Waals surface area contributed by atoms with E-state index in [9.17, 15) is 0 Å². The van der Waals surface area contributed by atoms with Gasteiger partial charge in [-0.15, -0.1) is 0 Å². The van der Waals surface area contributed by atoms with Gasteiger partial charge in [0, 0.05) is 13.1 Å². The normalized spacial score (nSPS) is 10.9. The molecule has 19 heavy (non-hydrogen) atoms. The molecular formula is C15H27N3O. The second-order valence-electron chi connectivity index (χ2n) is 4.54. The number of likely N-dealkylation sites (N-methyl/N-ethyl adjacent to an activating group) is 1. The third-order valence-corrected chi connectivity index (χ3v) is 3.10. The Morgan fingerprint density at radius 2 is 2.00 bits per heavy atom. The Bertz CT molecular complexity index is 323. The number of hydrogen-bond donors (Lipinski definition) is 1. The Kier molecular flexibility index (Phi) is 8.18. The summed E-state index contributed by atoms with van der Waals surface area (Å²) in [5, 5.41) is 3.33. The molecule has 0 unspecified atom stereocenters. The van der Waals surface area contributed by atoms with Gasteiger partial charge in [-0.1, -0.05) is 20.8 Å². The molecule has 0 aliphatic carbocycles. The highest BCUT2D eigenvalue weighted by Gasteiger charge is 2.00. The summed E-state index contributed by atoms with van der Waals surface area (Å²) in [6.07, 6.45) is 2.96. The summed E-state index contributed by atoms with van der Waals surface area (Å²) < 4.78 is 5.70. The SMILES string of the molecule is CCCNCc1ccc(OCCN(CC)CC)cn1. The fourth-order valence-electron chi connectivity index (χ4n) is 1.83. The van der Waals surface area contributed by atoms with Crippen molar-refractivity contribution in [3.8, 4) is 5.75 Å². The number of ether oxygens (including phenoxy) is 1. The van der Waals surface area contributed by atoms with Crippen LogP contribution >= 0.6 is 0 Å². The number of nitrogens with one attached hydrogen (secondary N) is 1. The lowest BCUT2D eigenvalue weighted by atomic mass is 10.3. The quantitative estimate of drug-likeness (QED) is 0.659. The summed E-state index contributed by atoms with van der Waals surface area (Å²) in [6, 6.07) is 4.02. The van der Waals surface area contributed by atoms with E-state index in [4.69, 9.17) is 4.74 Å². The van der Waals surface area contributed by atoms with Crippen LogP contribution in [0.4, 0.5) is 0 Å². The summed E-state index contributed by atoms with van der Waals surface area (Å²) >= 11 is 0. The molecule has 4 heteroatoms. The number of nitrogens with zero attached hydrogens (tertiary/aromatic N) is 2. The van der Waals surface area contributed by atoms with Crippen molar-refractivity contribution >= 4 is 0 Å². The van der Waals surface area contributed by atoms with Crippen molar-refractivity contribution in [2.75, 3.05) is 32.8 Å². The first-order chi connectivity index (χ1) is 9.30. The van der Waals surface area contributed by atoms with Crippen molar-refractivity contribution in [2.45, 2.75) is 33.7 Å². The lowest BCUT2D eigenvalue weighted by Gasteiger charge is -2.17. The molecule has 4 nitrogen and oxygen atoms in total. The summed E-state index contributed by atoms with van der Waals surface area (Å²) in [5.74, 6) is 0.853. The van der Waals surface area contributed by atoms with Crippen LogP contribution in [0.25, 0.3) is 0 Å². The van der Waals surface area contributed by atoms with Crippen molar-refractivity contribution in [1.29, 1.82) is 0 Å². The smallest absolute Gasteiger partial charge is 0.137 e. The molecule has 0 atom stereocenters. The highest BCUT2D eigenvalue weighted by molar-refractivity contribution is 5.19. The molecule has 0 aliphatic rings. The Morgan fingerprint density at radius 1 is 1.21 bits per heavy atom. The van der Waals surface area contributed by atoms with E-state index < -0.39 is 0 Å². The first kappa shape index (κ1) is 15.9. The number of rotatable bonds is 10. The van der Waals surface area contributed by atoms with E-state index in [0.717, 1.165) is 57.2 Å². The van der Waals surface area contributed by atoms with Crippen molar-refractivity contribution in [1.82, 2.24) is 15.2 Å². The van der Waals surface area contributed by atoms with Crippen molar-refractivity contribution in [3.63, 3.8) is 0 Å². The molecule has 1 rings (SSSR count). The third-order valence-electron chi connectivity index (χ3n) is 3.10. The minimum absolute atomic E-state index is 0.719. The molecule has 0 amide bonds. The van der Waals surface area contributed by atoms with Crippen molar-refractivity contribution in [3.05, 3.63) is 24.0 Å². The molecule has 0 aliphatic heterocycles. The number of pyridine rings is 1. The van der Waals surface area contributed by atoms with Crippen LogP contribution < -0.4 is 10.1 Å². The maximum absolute atomic E-state index is 5.70. The minimum atomic E-state index is 0.719. The Morgan fingerprint density at radius 3 is 2.58 bits per heavy atom. The highest BCUT2D eigenvalue weighted by Crippen LogP contribution is 2.09. The van der Waals surface area contributed by atoms with Crippen molar-refractivity contribution < 1.29 is 4.74 Å².